The van der Waals surface area contributed by atoms with Crippen molar-refractivity contribution in [2.75, 3.05) is 0 Å². The molecule has 1 heterocycles. The average Bonchev–Trinajstić information content (AvgIpc) is 2.82. The Morgan fingerprint density at radius 1 is 1.48 bits per heavy atom. The Hall–Kier alpha value is -1.97. The van der Waals surface area contributed by atoms with Crippen LogP contribution in [-0.4, -0.2) is 29.6 Å². The normalized spacial score (nSPS) is 11.5. The zero-order valence-corrected chi connectivity index (χ0v) is 12.3. The molecule has 2 aromatic rings. The van der Waals surface area contributed by atoms with E-state index in [4.69, 9.17) is 21.2 Å². The smallest absolute Gasteiger partial charge is 0.335 e. The molecule has 0 atom stereocenters. The van der Waals surface area contributed by atoms with Gasteiger partial charge in [-0.2, -0.15) is 4.98 Å². The number of hydrogen-bond donors (Lipinski definition) is 2. The minimum Gasteiger partial charge on any atom is -0.478 e. The molecule has 2 rings (SSSR count). The fourth-order valence-electron chi connectivity index (χ4n) is 1.49. The van der Waals surface area contributed by atoms with Gasteiger partial charge in [0.2, 0.25) is 15.9 Å². The number of carbonyl (C=O) groups is 1. The Balaban J connectivity index is 2.26. The van der Waals surface area contributed by atoms with Crippen LogP contribution in [0, 0.1) is 6.92 Å². The maximum absolute atomic E-state index is 12.1. The summed E-state index contributed by atoms with van der Waals surface area (Å²) in [4.78, 5) is 14.4. The Labute approximate surface area is 124 Å². The van der Waals surface area contributed by atoms with Crippen LogP contribution >= 0.6 is 11.6 Å². The van der Waals surface area contributed by atoms with Gasteiger partial charge in [-0.25, -0.2) is 17.9 Å². The standard InChI is InChI=1S/C11H10ClN3O5S/c1-6-14-10(15-20-6)5-13-21(18,19)9-4-7(11(16)17)2-3-8(9)12/h2-4,13H,5H2,1H3,(H,16,17). The van der Waals surface area contributed by atoms with E-state index in [1.807, 2.05) is 0 Å². The molecule has 10 heteroatoms. The number of aryl methyl sites for hydroxylation is 1. The van der Waals surface area contributed by atoms with E-state index in [0.29, 0.717) is 5.89 Å². The van der Waals surface area contributed by atoms with Gasteiger partial charge in [0.1, 0.15) is 4.90 Å². The van der Waals surface area contributed by atoms with Gasteiger partial charge in [0.15, 0.2) is 5.82 Å². The lowest BCUT2D eigenvalue weighted by molar-refractivity contribution is 0.0696. The lowest BCUT2D eigenvalue weighted by Crippen LogP contribution is -2.24. The number of aromatic carboxylic acids is 1. The second kappa shape index (κ2) is 5.80. The third-order valence-corrected chi connectivity index (χ3v) is 4.34. The van der Waals surface area contributed by atoms with Crippen LogP contribution in [0.1, 0.15) is 22.1 Å². The third kappa shape index (κ3) is 3.57. The van der Waals surface area contributed by atoms with Gasteiger partial charge in [0.05, 0.1) is 17.1 Å². The van der Waals surface area contributed by atoms with Crippen molar-refractivity contribution in [3.63, 3.8) is 0 Å². The predicted octanol–water partition coefficient (Wildman–Crippen LogP) is 1.21. The Morgan fingerprint density at radius 2 is 2.19 bits per heavy atom. The summed E-state index contributed by atoms with van der Waals surface area (Å²) in [6, 6.07) is 3.40. The minimum atomic E-state index is -4.00. The van der Waals surface area contributed by atoms with E-state index in [2.05, 4.69) is 14.9 Å². The van der Waals surface area contributed by atoms with Crippen LogP contribution in [0.25, 0.3) is 0 Å². The Bertz CT molecular complexity index is 787. The number of sulfonamides is 1. The highest BCUT2D eigenvalue weighted by atomic mass is 35.5. The van der Waals surface area contributed by atoms with E-state index in [0.717, 1.165) is 6.07 Å². The zero-order valence-electron chi connectivity index (χ0n) is 10.7. The van der Waals surface area contributed by atoms with E-state index < -0.39 is 16.0 Å². The largest absolute Gasteiger partial charge is 0.478 e. The molecule has 2 N–H and O–H groups in total. The number of nitrogens with zero attached hydrogens (tertiary/aromatic N) is 2. The molecular formula is C11H10ClN3O5S. The molecule has 0 unspecified atom stereocenters. The molecule has 21 heavy (non-hydrogen) atoms. The zero-order chi connectivity index (χ0) is 15.6. The van der Waals surface area contributed by atoms with Gasteiger partial charge in [-0.15, -0.1) is 0 Å². The fourth-order valence-corrected chi connectivity index (χ4v) is 3.00. The molecule has 0 fully saturated rings. The monoisotopic (exact) mass is 331 g/mol. The number of aromatic nitrogens is 2. The van der Waals surface area contributed by atoms with E-state index >= 15 is 0 Å². The van der Waals surface area contributed by atoms with E-state index in [1.165, 1.54) is 12.1 Å². The number of rotatable bonds is 5. The van der Waals surface area contributed by atoms with Crippen LogP contribution in [0.3, 0.4) is 0 Å². The molecule has 0 amide bonds. The first-order valence-corrected chi connectivity index (χ1v) is 7.47. The summed E-state index contributed by atoms with van der Waals surface area (Å²) in [5.41, 5.74) is -0.185. The van der Waals surface area contributed by atoms with Crippen molar-refractivity contribution in [3.05, 3.63) is 40.5 Å². The average molecular weight is 332 g/mol. The van der Waals surface area contributed by atoms with E-state index in [1.54, 1.807) is 6.92 Å². The summed E-state index contributed by atoms with van der Waals surface area (Å²) in [6.07, 6.45) is 0. The van der Waals surface area contributed by atoms with Crippen molar-refractivity contribution in [2.45, 2.75) is 18.4 Å². The molecule has 1 aromatic carbocycles. The van der Waals surface area contributed by atoms with Crippen molar-refractivity contribution in [1.82, 2.24) is 14.9 Å². The molecule has 0 spiro atoms. The van der Waals surface area contributed by atoms with Gasteiger partial charge >= 0.3 is 5.97 Å². The van der Waals surface area contributed by atoms with Crippen molar-refractivity contribution in [3.8, 4) is 0 Å². The first kappa shape index (κ1) is 15.4. The lowest BCUT2D eigenvalue weighted by Gasteiger charge is -2.07. The highest BCUT2D eigenvalue weighted by Gasteiger charge is 2.20. The maximum Gasteiger partial charge on any atom is 0.335 e. The molecule has 8 nitrogen and oxygen atoms in total. The summed E-state index contributed by atoms with van der Waals surface area (Å²) >= 11 is 5.81. The number of hydrogen-bond acceptors (Lipinski definition) is 6. The Morgan fingerprint density at radius 3 is 2.76 bits per heavy atom. The van der Waals surface area contributed by atoms with Crippen molar-refractivity contribution in [1.29, 1.82) is 0 Å². The number of benzene rings is 1. The molecule has 0 aliphatic carbocycles. The molecule has 1 aromatic heterocycles. The van der Waals surface area contributed by atoms with Crippen LogP contribution in [0.2, 0.25) is 5.02 Å². The van der Waals surface area contributed by atoms with E-state index in [9.17, 15) is 13.2 Å². The first-order valence-electron chi connectivity index (χ1n) is 5.61. The molecule has 0 saturated carbocycles. The summed E-state index contributed by atoms with van der Waals surface area (Å²) in [5, 5.41) is 12.3. The van der Waals surface area contributed by atoms with Crippen LogP contribution in [0.5, 0.6) is 0 Å². The number of carboxylic acid groups (broad SMARTS) is 1. The third-order valence-electron chi connectivity index (χ3n) is 2.46. The van der Waals surface area contributed by atoms with Crippen molar-refractivity contribution in [2.24, 2.45) is 0 Å². The molecule has 112 valence electrons. The molecule has 0 saturated heterocycles. The quantitative estimate of drug-likeness (QED) is 0.844. The lowest BCUT2D eigenvalue weighted by atomic mass is 10.2. The van der Waals surface area contributed by atoms with Crippen molar-refractivity contribution >= 4 is 27.6 Å². The van der Waals surface area contributed by atoms with Gasteiger partial charge in [-0.1, -0.05) is 16.8 Å². The highest BCUT2D eigenvalue weighted by Crippen LogP contribution is 2.22. The van der Waals surface area contributed by atoms with E-state index in [-0.39, 0.29) is 27.9 Å². The second-order valence-corrected chi connectivity index (χ2v) is 6.15. The maximum atomic E-state index is 12.1. The number of nitrogens with one attached hydrogen (secondary N) is 1. The molecule has 0 aliphatic rings. The number of carboxylic acids is 1. The molecule has 0 radical (unpaired) electrons. The topological polar surface area (TPSA) is 122 Å². The molecular weight excluding hydrogens is 322 g/mol. The van der Waals surface area contributed by atoms with Crippen molar-refractivity contribution < 1.29 is 22.8 Å². The Kier molecular flexibility index (Phi) is 4.26. The molecule has 0 aliphatic heterocycles. The fraction of sp³-hybridized carbons (Fsp3) is 0.182. The van der Waals surface area contributed by atoms with Crippen LogP contribution in [-0.2, 0) is 16.6 Å². The summed E-state index contributed by atoms with van der Waals surface area (Å²) in [5.74, 6) is -0.798. The molecule has 0 bridgehead atoms. The van der Waals surface area contributed by atoms with Gasteiger partial charge in [-0.05, 0) is 18.2 Å². The second-order valence-electron chi connectivity index (χ2n) is 4.00. The minimum absolute atomic E-state index is 0.0863. The summed E-state index contributed by atoms with van der Waals surface area (Å²) in [6.45, 7) is 1.37. The van der Waals surface area contributed by atoms with Gasteiger partial charge in [0, 0.05) is 6.92 Å². The van der Waals surface area contributed by atoms with Crippen LogP contribution in [0.4, 0.5) is 0 Å². The van der Waals surface area contributed by atoms with Gasteiger partial charge in [0.25, 0.3) is 0 Å². The number of halogens is 1. The van der Waals surface area contributed by atoms with Gasteiger partial charge in [-0.3, -0.25) is 0 Å². The first-order chi connectivity index (χ1) is 9.79. The SMILES string of the molecule is Cc1nc(CNS(=O)(=O)c2cc(C(=O)O)ccc2Cl)no1. The predicted molar refractivity (Wildman–Crippen MR) is 71.5 cm³/mol. The summed E-state index contributed by atoms with van der Waals surface area (Å²) < 4.78 is 31.2. The summed E-state index contributed by atoms with van der Waals surface area (Å²) in [7, 11) is -4.00. The van der Waals surface area contributed by atoms with Crippen LogP contribution in [0.15, 0.2) is 27.6 Å². The van der Waals surface area contributed by atoms with Gasteiger partial charge < -0.3 is 9.63 Å². The van der Waals surface area contributed by atoms with Crippen LogP contribution < -0.4 is 4.72 Å². The highest BCUT2D eigenvalue weighted by molar-refractivity contribution is 7.89.